The van der Waals surface area contributed by atoms with Crippen molar-refractivity contribution in [1.82, 2.24) is 14.7 Å². The highest BCUT2D eigenvalue weighted by atomic mass is 19.4. The molecule has 2 rings (SSSR count). The van der Waals surface area contributed by atoms with Gasteiger partial charge in [-0.1, -0.05) is 18.2 Å². The molecule has 2 aromatic rings. The van der Waals surface area contributed by atoms with Crippen LogP contribution in [-0.4, -0.2) is 40.1 Å². The van der Waals surface area contributed by atoms with Gasteiger partial charge in [0.05, 0.1) is 18.0 Å². The van der Waals surface area contributed by atoms with Crippen LogP contribution in [0.5, 0.6) is 0 Å². The fraction of sp³-hybridized carbons (Fsp3) is 0.412. The van der Waals surface area contributed by atoms with E-state index in [9.17, 15) is 35.9 Å². The minimum absolute atomic E-state index is 0.212. The lowest BCUT2D eigenvalue weighted by Crippen LogP contribution is -2.72. The number of nitrogens with zero attached hydrogens (tertiary/aromatic N) is 2. The van der Waals surface area contributed by atoms with Gasteiger partial charge in [0.1, 0.15) is 5.69 Å². The van der Waals surface area contributed by atoms with E-state index in [-0.39, 0.29) is 11.4 Å². The number of alkyl carbamates (subject to hydrolysis) is 1. The second kappa shape index (κ2) is 7.95. The Hall–Kier alpha value is -3.12. The first kappa shape index (κ1) is 23.2. The number of halogens is 6. The summed E-state index contributed by atoms with van der Waals surface area (Å²) in [7, 11) is 1.29. The molecule has 0 unspecified atom stereocenters. The molecule has 0 atom stereocenters. The molecule has 2 N–H and O–H groups in total. The van der Waals surface area contributed by atoms with Crippen molar-refractivity contribution in [3.05, 3.63) is 46.4 Å². The van der Waals surface area contributed by atoms with E-state index in [1.54, 1.807) is 6.07 Å². The molecule has 1 heterocycles. The Morgan fingerprint density at radius 2 is 1.60 bits per heavy atom. The first-order valence-electron chi connectivity index (χ1n) is 8.47. The number of rotatable bonds is 5. The van der Waals surface area contributed by atoms with Crippen LogP contribution in [-0.2, 0) is 11.8 Å². The van der Waals surface area contributed by atoms with Crippen LogP contribution in [0.25, 0.3) is 5.69 Å². The smallest absolute Gasteiger partial charge is 0.439 e. The molecule has 0 saturated carbocycles. The lowest BCUT2D eigenvalue weighted by Gasteiger charge is -2.38. The van der Waals surface area contributed by atoms with Crippen LogP contribution >= 0.6 is 0 Å². The summed E-state index contributed by atoms with van der Waals surface area (Å²) in [5.74, 6) is 0. The number of nitrogens with one attached hydrogen (secondary N) is 2. The van der Waals surface area contributed by atoms with Gasteiger partial charge in [-0.3, -0.25) is 14.8 Å². The van der Waals surface area contributed by atoms with Gasteiger partial charge in [0.25, 0.3) is 5.56 Å². The highest BCUT2D eigenvalue weighted by Gasteiger charge is 2.73. The van der Waals surface area contributed by atoms with Crippen LogP contribution in [0.3, 0.4) is 0 Å². The molecule has 30 heavy (non-hydrogen) atoms. The third kappa shape index (κ3) is 3.96. The number of hydrogen-bond donors (Lipinski definition) is 2. The maximum absolute atomic E-state index is 13.7. The third-order valence-corrected chi connectivity index (χ3v) is 4.28. The number of carbonyl (C=O) groups is 1. The molecule has 0 saturated heterocycles. The van der Waals surface area contributed by atoms with E-state index >= 15 is 0 Å². The van der Waals surface area contributed by atoms with Crippen molar-refractivity contribution >= 4 is 11.8 Å². The molecule has 1 aromatic heterocycles. The van der Waals surface area contributed by atoms with Gasteiger partial charge < -0.3 is 10.1 Å². The molecule has 0 spiro atoms. The zero-order valence-electron chi connectivity index (χ0n) is 16.0. The quantitative estimate of drug-likeness (QED) is 0.552. The number of anilines is 1. The minimum Gasteiger partial charge on any atom is -0.450 e. The fourth-order valence-corrected chi connectivity index (χ4v) is 2.70. The Bertz CT molecular complexity index is 949. The Balaban J connectivity index is 2.70. The van der Waals surface area contributed by atoms with Crippen LogP contribution in [0.2, 0.25) is 0 Å². The summed E-state index contributed by atoms with van der Waals surface area (Å²) < 4.78 is 88.3. The molecule has 1 amide bonds. The van der Waals surface area contributed by atoms with Gasteiger partial charge in [0.15, 0.2) is 0 Å². The Morgan fingerprint density at radius 1 is 1.07 bits per heavy atom. The third-order valence-electron chi connectivity index (χ3n) is 4.28. The number of benzene rings is 1. The van der Waals surface area contributed by atoms with E-state index in [2.05, 4.69) is 4.74 Å². The zero-order chi connectivity index (χ0) is 22.9. The van der Waals surface area contributed by atoms with E-state index in [1.807, 2.05) is 0 Å². The standard InChI is InChI=1S/C17H18F6N4O3/c1-4-30-14(29)25-15(16(18,19)20,17(21,22)23)24-12-10(2)26(3)27(13(12)28)11-8-6-5-7-9-11/h5-9,24H,4H2,1-3H3,(H,25,29). The molecular weight excluding hydrogens is 422 g/mol. The van der Waals surface area contributed by atoms with Gasteiger partial charge in [0.2, 0.25) is 0 Å². The van der Waals surface area contributed by atoms with Gasteiger partial charge in [-0.2, -0.15) is 26.3 Å². The second-order valence-electron chi connectivity index (χ2n) is 6.15. The lowest BCUT2D eigenvalue weighted by molar-refractivity contribution is -0.294. The average Bonchev–Trinajstić information content (AvgIpc) is 2.83. The summed E-state index contributed by atoms with van der Waals surface area (Å²) in [4.78, 5) is 24.3. The van der Waals surface area contributed by atoms with Crippen molar-refractivity contribution in [2.75, 3.05) is 11.9 Å². The zero-order valence-corrected chi connectivity index (χ0v) is 16.0. The van der Waals surface area contributed by atoms with E-state index < -0.39 is 42.0 Å². The van der Waals surface area contributed by atoms with E-state index in [4.69, 9.17) is 0 Å². The summed E-state index contributed by atoms with van der Waals surface area (Å²) in [6.07, 6.45) is -14.1. The molecule has 0 fully saturated rings. The Labute approximate surface area is 166 Å². The van der Waals surface area contributed by atoms with Gasteiger partial charge in [0, 0.05) is 7.05 Å². The van der Waals surface area contributed by atoms with E-state index in [0.29, 0.717) is 0 Å². The molecule has 0 bridgehead atoms. The van der Waals surface area contributed by atoms with Crippen LogP contribution in [0, 0.1) is 6.92 Å². The second-order valence-corrected chi connectivity index (χ2v) is 6.15. The number of hydrogen-bond acceptors (Lipinski definition) is 4. The number of para-hydroxylation sites is 1. The number of alkyl halides is 6. The normalized spacial score (nSPS) is 12.6. The topological polar surface area (TPSA) is 77.3 Å². The van der Waals surface area contributed by atoms with Crippen molar-refractivity contribution in [3.63, 3.8) is 0 Å². The minimum atomic E-state index is -6.08. The SMILES string of the molecule is CCOC(=O)NC(Nc1c(C)n(C)n(-c2ccccc2)c1=O)(C(F)(F)F)C(F)(F)F. The predicted octanol–water partition coefficient (Wildman–Crippen LogP) is 3.46. The van der Waals surface area contributed by atoms with Gasteiger partial charge >= 0.3 is 24.1 Å². The summed E-state index contributed by atoms with van der Waals surface area (Å²) in [5.41, 5.74) is -7.15. The molecule has 13 heteroatoms. The highest BCUT2D eigenvalue weighted by molar-refractivity contribution is 5.70. The molecule has 0 aliphatic rings. The molecule has 1 aromatic carbocycles. The van der Waals surface area contributed by atoms with Crippen molar-refractivity contribution in [2.24, 2.45) is 7.05 Å². The van der Waals surface area contributed by atoms with Crippen LogP contribution in [0.15, 0.2) is 35.1 Å². The highest BCUT2D eigenvalue weighted by Crippen LogP contribution is 2.43. The Kier molecular flexibility index (Phi) is 6.14. The number of ether oxygens (including phenoxy) is 1. The van der Waals surface area contributed by atoms with Crippen LogP contribution in [0.4, 0.5) is 36.8 Å². The van der Waals surface area contributed by atoms with Crippen molar-refractivity contribution in [2.45, 2.75) is 31.9 Å². The maximum atomic E-state index is 13.7. The van der Waals surface area contributed by atoms with Crippen molar-refractivity contribution < 1.29 is 35.9 Å². The molecule has 0 aliphatic heterocycles. The Morgan fingerprint density at radius 3 is 2.07 bits per heavy atom. The van der Waals surface area contributed by atoms with Crippen molar-refractivity contribution in [3.8, 4) is 5.69 Å². The van der Waals surface area contributed by atoms with Crippen molar-refractivity contribution in [1.29, 1.82) is 0 Å². The lowest BCUT2D eigenvalue weighted by atomic mass is 10.1. The molecule has 0 aliphatic carbocycles. The van der Waals surface area contributed by atoms with E-state index in [1.165, 1.54) is 43.6 Å². The molecule has 0 radical (unpaired) electrons. The number of carbonyl (C=O) groups excluding carboxylic acids is 1. The average molecular weight is 440 g/mol. The monoisotopic (exact) mass is 440 g/mol. The fourth-order valence-electron chi connectivity index (χ4n) is 2.70. The predicted molar refractivity (Wildman–Crippen MR) is 94.4 cm³/mol. The molecule has 7 nitrogen and oxygen atoms in total. The summed E-state index contributed by atoms with van der Waals surface area (Å²) in [6.45, 7) is 1.89. The first-order valence-corrected chi connectivity index (χ1v) is 8.47. The summed E-state index contributed by atoms with van der Waals surface area (Å²) in [6, 6.07) is 7.58. The van der Waals surface area contributed by atoms with Crippen LogP contribution in [0.1, 0.15) is 12.6 Å². The number of aromatic nitrogens is 2. The van der Waals surface area contributed by atoms with Gasteiger partial charge in [-0.15, -0.1) is 0 Å². The number of amides is 1. The van der Waals surface area contributed by atoms with Crippen LogP contribution < -0.4 is 16.2 Å². The van der Waals surface area contributed by atoms with E-state index in [0.717, 1.165) is 21.6 Å². The first-order chi connectivity index (χ1) is 13.8. The summed E-state index contributed by atoms with van der Waals surface area (Å²) in [5, 5.41) is 2.02. The van der Waals surface area contributed by atoms with Gasteiger partial charge in [-0.05, 0) is 26.0 Å². The summed E-state index contributed by atoms with van der Waals surface area (Å²) >= 11 is 0. The largest absolute Gasteiger partial charge is 0.450 e. The maximum Gasteiger partial charge on any atom is 0.439 e. The molecular formula is C17H18F6N4O3. The van der Waals surface area contributed by atoms with Gasteiger partial charge in [-0.25, -0.2) is 9.48 Å². The molecule has 166 valence electrons.